The third-order valence-corrected chi connectivity index (χ3v) is 6.99. The van der Waals surface area contributed by atoms with Crippen molar-refractivity contribution in [1.29, 1.82) is 0 Å². The van der Waals surface area contributed by atoms with Crippen LogP contribution in [0.5, 0.6) is 0 Å². The molecule has 2 amide bonds. The van der Waals surface area contributed by atoms with Crippen molar-refractivity contribution in [3.8, 4) is 0 Å². The normalized spacial score (nSPS) is 19.8. The fraction of sp³-hybridized carbons (Fsp3) is 0.391. The van der Waals surface area contributed by atoms with Crippen molar-refractivity contribution < 1.29 is 9.59 Å². The van der Waals surface area contributed by atoms with Crippen LogP contribution in [0, 0.1) is 5.92 Å². The Bertz CT molecular complexity index is 832. The maximum atomic E-state index is 12.7. The molecule has 0 saturated carbocycles. The molecule has 1 atom stereocenters. The summed E-state index contributed by atoms with van der Waals surface area (Å²) in [6, 6.07) is 18.4. The van der Waals surface area contributed by atoms with E-state index < -0.39 is 0 Å². The summed E-state index contributed by atoms with van der Waals surface area (Å²) in [4.78, 5) is 28.1. The number of aryl methyl sites for hydroxylation is 1. The number of hydrogen-bond donors (Lipinski definition) is 1. The molecule has 2 heterocycles. The summed E-state index contributed by atoms with van der Waals surface area (Å²) < 4.78 is 0. The average molecular weight is 395 g/mol. The molecule has 0 aliphatic carbocycles. The molecule has 4 rings (SSSR count). The Labute approximate surface area is 170 Å². The average Bonchev–Trinajstić information content (AvgIpc) is 2.74. The van der Waals surface area contributed by atoms with E-state index in [-0.39, 0.29) is 23.5 Å². The molecule has 0 spiro atoms. The number of fused-ring (bicyclic) bond motifs is 1. The molecule has 0 aromatic heterocycles. The highest BCUT2D eigenvalue weighted by atomic mass is 32.2. The summed E-state index contributed by atoms with van der Waals surface area (Å²) in [5.74, 6) is 0.729. The number of nitrogens with zero attached hydrogens (tertiary/aromatic N) is 1. The summed E-state index contributed by atoms with van der Waals surface area (Å²) in [5.41, 5.74) is 2.24. The first kappa shape index (κ1) is 19.1. The number of carbonyl (C=O) groups excluding carboxylic acids is 2. The van der Waals surface area contributed by atoms with Gasteiger partial charge < -0.3 is 10.2 Å². The molecule has 1 N–H and O–H groups in total. The number of amides is 2. The first-order chi connectivity index (χ1) is 13.7. The maximum absolute atomic E-state index is 12.7. The predicted octanol–water partition coefficient (Wildman–Crippen LogP) is 4.36. The van der Waals surface area contributed by atoms with Gasteiger partial charge in [0.05, 0.1) is 10.9 Å². The van der Waals surface area contributed by atoms with Crippen LogP contribution >= 0.6 is 11.8 Å². The van der Waals surface area contributed by atoms with E-state index in [9.17, 15) is 9.59 Å². The van der Waals surface area contributed by atoms with Gasteiger partial charge in [-0.05, 0) is 49.3 Å². The standard InChI is InChI=1S/C23H26N2O2S/c26-22(16-21-23(27)24-19-8-4-5-9-20(19)28-21)25-14-12-18(13-15-25)11-10-17-6-2-1-3-7-17/h1-9,18,21H,10-16H2,(H,24,27)/t21-/m0/s1. The van der Waals surface area contributed by atoms with Gasteiger partial charge in [-0.25, -0.2) is 0 Å². The highest BCUT2D eigenvalue weighted by molar-refractivity contribution is 8.01. The summed E-state index contributed by atoms with van der Waals surface area (Å²) in [6.07, 6.45) is 4.69. The number of para-hydroxylation sites is 1. The van der Waals surface area contributed by atoms with Gasteiger partial charge in [-0.1, -0.05) is 42.5 Å². The van der Waals surface area contributed by atoms with E-state index in [4.69, 9.17) is 0 Å². The van der Waals surface area contributed by atoms with Crippen molar-refractivity contribution in [1.82, 2.24) is 4.90 Å². The number of piperidine rings is 1. The largest absolute Gasteiger partial charge is 0.343 e. The van der Waals surface area contributed by atoms with Gasteiger partial charge in [0.1, 0.15) is 0 Å². The lowest BCUT2D eigenvalue weighted by Gasteiger charge is -2.33. The van der Waals surface area contributed by atoms with E-state index in [0.29, 0.717) is 5.92 Å². The second-order valence-corrected chi connectivity index (χ2v) is 8.89. The van der Waals surface area contributed by atoms with Gasteiger partial charge in [0.15, 0.2) is 0 Å². The second kappa shape index (κ2) is 8.82. The van der Waals surface area contributed by atoms with E-state index in [0.717, 1.165) is 42.9 Å². The highest BCUT2D eigenvalue weighted by Gasteiger charge is 2.31. The molecule has 5 heteroatoms. The zero-order valence-electron chi connectivity index (χ0n) is 16.0. The van der Waals surface area contributed by atoms with Crippen molar-refractivity contribution in [3.63, 3.8) is 0 Å². The Balaban J connectivity index is 1.25. The van der Waals surface area contributed by atoms with Gasteiger partial charge in [-0.15, -0.1) is 11.8 Å². The SMILES string of the molecule is O=C1Nc2ccccc2S[C@H]1CC(=O)N1CCC(CCc2ccccc2)CC1. The topological polar surface area (TPSA) is 49.4 Å². The first-order valence-corrected chi connectivity index (χ1v) is 11.0. The second-order valence-electron chi connectivity index (χ2n) is 7.64. The van der Waals surface area contributed by atoms with Crippen LogP contribution in [0.1, 0.15) is 31.2 Å². The summed E-state index contributed by atoms with van der Waals surface area (Å²) in [6.45, 7) is 1.63. The van der Waals surface area contributed by atoms with E-state index in [1.165, 1.54) is 23.7 Å². The third kappa shape index (κ3) is 4.58. The van der Waals surface area contributed by atoms with Crippen molar-refractivity contribution in [2.45, 2.75) is 42.2 Å². The Morgan fingerprint density at radius 3 is 2.54 bits per heavy atom. The van der Waals surface area contributed by atoms with E-state index in [2.05, 4.69) is 35.6 Å². The van der Waals surface area contributed by atoms with Crippen LogP contribution in [0.15, 0.2) is 59.5 Å². The minimum Gasteiger partial charge on any atom is -0.343 e. The van der Waals surface area contributed by atoms with E-state index in [1.807, 2.05) is 29.2 Å². The molecule has 4 nitrogen and oxygen atoms in total. The molecule has 0 radical (unpaired) electrons. The molecular weight excluding hydrogens is 368 g/mol. The van der Waals surface area contributed by atoms with Crippen LogP contribution < -0.4 is 5.32 Å². The maximum Gasteiger partial charge on any atom is 0.238 e. The minimum absolute atomic E-state index is 0.0604. The fourth-order valence-corrected chi connectivity index (χ4v) is 5.10. The lowest BCUT2D eigenvalue weighted by atomic mass is 9.90. The van der Waals surface area contributed by atoms with Gasteiger partial charge in [0, 0.05) is 24.4 Å². The van der Waals surface area contributed by atoms with Crippen LogP contribution in [0.25, 0.3) is 0 Å². The van der Waals surface area contributed by atoms with Crippen LogP contribution in [0.4, 0.5) is 5.69 Å². The molecule has 0 unspecified atom stereocenters. The number of rotatable bonds is 5. The molecule has 2 aromatic carbocycles. The van der Waals surface area contributed by atoms with E-state index in [1.54, 1.807) is 0 Å². The Hall–Kier alpha value is -2.27. The van der Waals surface area contributed by atoms with Gasteiger partial charge in [-0.2, -0.15) is 0 Å². The Morgan fingerprint density at radius 1 is 1.04 bits per heavy atom. The van der Waals surface area contributed by atoms with Crippen LogP contribution in [-0.4, -0.2) is 35.1 Å². The summed E-state index contributed by atoms with van der Waals surface area (Å²) in [7, 11) is 0. The molecular formula is C23H26N2O2S. The smallest absolute Gasteiger partial charge is 0.238 e. The molecule has 2 aromatic rings. The number of likely N-dealkylation sites (tertiary alicyclic amines) is 1. The summed E-state index contributed by atoms with van der Waals surface area (Å²) in [5, 5.41) is 2.59. The van der Waals surface area contributed by atoms with Gasteiger partial charge in [0.2, 0.25) is 11.8 Å². The molecule has 2 aliphatic rings. The number of hydrogen-bond acceptors (Lipinski definition) is 3. The molecule has 28 heavy (non-hydrogen) atoms. The molecule has 146 valence electrons. The first-order valence-electron chi connectivity index (χ1n) is 10.1. The monoisotopic (exact) mass is 394 g/mol. The van der Waals surface area contributed by atoms with Crippen molar-refractivity contribution >= 4 is 29.3 Å². The predicted molar refractivity (Wildman–Crippen MR) is 113 cm³/mol. The van der Waals surface area contributed by atoms with Crippen molar-refractivity contribution in [3.05, 3.63) is 60.2 Å². The third-order valence-electron chi connectivity index (χ3n) is 5.72. The number of nitrogens with one attached hydrogen (secondary N) is 1. The van der Waals surface area contributed by atoms with E-state index >= 15 is 0 Å². The molecule has 2 aliphatic heterocycles. The number of benzene rings is 2. The van der Waals surface area contributed by atoms with Gasteiger partial charge in [-0.3, -0.25) is 9.59 Å². The zero-order chi connectivity index (χ0) is 19.3. The lowest BCUT2D eigenvalue weighted by Crippen LogP contribution is -2.41. The summed E-state index contributed by atoms with van der Waals surface area (Å²) >= 11 is 1.50. The van der Waals surface area contributed by atoms with Crippen molar-refractivity contribution in [2.24, 2.45) is 5.92 Å². The van der Waals surface area contributed by atoms with Gasteiger partial charge >= 0.3 is 0 Å². The molecule has 1 fully saturated rings. The highest BCUT2D eigenvalue weighted by Crippen LogP contribution is 2.37. The minimum atomic E-state index is -0.335. The number of anilines is 1. The Kier molecular flexibility index (Phi) is 6.01. The quantitative estimate of drug-likeness (QED) is 0.820. The molecule has 1 saturated heterocycles. The Morgan fingerprint density at radius 2 is 1.75 bits per heavy atom. The van der Waals surface area contributed by atoms with Crippen LogP contribution in [0.3, 0.4) is 0 Å². The number of thioether (sulfide) groups is 1. The molecule has 0 bridgehead atoms. The van der Waals surface area contributed by atoms with Gasteiger partial charge in [0.25, 0.3) is 0 Å². The van der Waals surface area contributed by atoms with Crippen LogP contribution in [-0.2, 0) is 16.0 Å². The fourth-order valence-electron chi connectivity index (χ4n) is 4.00. The lowest BCUT2D eigenvalue weighted by molar-refractivity contribution is -0.133. The number of carbonyl (C=O) groups is 2. The zero-order valence-corrected chi connectivity index (χ0v) is 16.8. The van der Waals surface area contributed by atoms with Crippen LogP contribution in [0.2, 0.25) is 0 Å². The van der Waals surface area contributed by atoms with Crippen molar-refractivity contribution in [2.75, 3.05) is 18.4 Å².